The molecule has 2 heterocycles. The Morgan fingerprint density at radius 2 is 2.00 bits per heavy atom. The molecular formula is C21H29N5O2. The van der Waals surface area contributed by atoms with Crippen LogP contribution in [0.5, 0.6) is 0 Å². The van der Waals surface area contributed by atoms with Crippen LogP contribution in [0.15, 0.2) is 24.5 Å². The molecule has 0 radical (unpaired) electrons. The van der Waals surface area contributed by atoms with Crippen molar-refractivity contribution in [2.75, 3.05) is 10.6 Å². The molecule has 0 spiro atoms. The second kappa shape index (κ2) is 9.59. The van der Waals surface area contributed by atoms with Crippen molar-refractivity contribution in [1.82, 2.24) is 15.0 Å². The van der Waals surface area contributed by atoms with Crippen molar-refractivity contribution in [1.29, 1.82) is 0 Å². The van der Waals surface area contributed by atoms with Gasteiger partial charge in [-0.15, -0.1) is 0 Å². The first-order chi connectivity index (χ1) is 13.6. The lowest BCUT2D eigenvalue weighted by Crippen LogP contribution is -2.29. The van der Waals surface area contributed by atoms with Crippen molar-refractivity contribution in [2.24, 2.45) is 0 Å². The number of carbonyl (C=O) groups is 1. The first kappa shape index (κ1) is 20.2. The van der Waals surface area contributed by atoms with E-state index in [1.165, 1.54) is 0 Å². The predicted molar refractivity (Wildman–Crippen MR) is 111 cm³/mol. The summed E-state index contributed by atoms with van der Waals surface area (Å²) >= 11 is 0. The highest BCUT2D eigenvalue weighted by molar-refractivity contribution is 5.77. The number of aromatic nitrogens is 3. The van der Waals surface area contributed by atoms with Crippen molar-refractivity contribution in [3.05, 3.63) is 30.1 Å². The maximum Gasteiger partial charge on any atom is 0.224 e. The summed E-state index contributed by atoms with van der Waals surface area (Å²) in [7, 11) is 0. The molecule has 1 atom stereocenters. The molecule has 2 aromatic heterocycles. The van der Waals surface area contributed by atoms with Crippen molar-refractivity contribution in [3.63, 3.8) is 0 Å². The van der Waals surface area contributed by atoms with E-state index in [2.05, 4.69) is 34.4 Å². The van der Waals surface area contributed by atoms with Gasteiger partial charge in [0, 0.05) is 30.0 Å². The largest absolute Gasteiger partial charge is 0.393 e. The molecule has 1 fully saturated rings. The molecule has 0 saturated heterocycles. The van der Waals surface area contributed by atoms with Gasteiger partial charge in [-0.1, -0.05) is 13.3 Å². The second-order valence-electron chi connectivity index (χ2n) is 7.53. The van der Waals surface area contributed by atoms with E-state index >= 15 is 0 Å². The van der Waals surface area contributed by atoms with Crippen LogP contribution in [0.1, 0.15) is 62.7 Å². The van der Waals surface area contributed by atoms with E-state index < -0.39 is 0 Å². The van der Waals surface area contributed by atoms with Crippen LogP contribution in [0, 0.1) is 0 Å². The summed E-state index contributed by atoms with van der Waals surface area (Å²) in [6.07, 6.45) is 9.43. The third-order valence-electron chi connectivity index (χ3n) is 5.12. The Bertz CT molecular complexity index is 773. The van der Waals surface area contributed by atoms with Crippen LogP contribution in [0.25, 0.3) is 11.3 Å². The fourth-order valence-electron chi connectivity index (χ4n) is 3.52. The van der Waals surface area contributed by atoms with Crippen LogP contribution in [-0.4, -0.2) is 44.5 Å². The number of rotatable bonds is 8. The monoisotopic (exact) mass is 383 g/mol. The van der Waals surface area contributed by atoms with Gasteiger partial charge in [0.15, 0.2) is 6.29 Å². The Hall–Kier alpha value is -2.54. The van der Waals surface area contributed by atoms with Gasteiger partial charge in [-0.2, -0.15) is 4.98 Å². The average molecular weight is 383 g/mol. The lowest BCUT2D eigenvalue weighted by molar-refractivity contribution is 0.112. The highest BCUT2D eigenvalue weighted by Crippen LogP contribution is 2.29. The fourth-order valence-corrected chi connectivity index (χ4v) is 3.52. The summed E-state index contributed by atoms with van der Waals surface area (Å²) in [6.45, 7) is 4.28. The van der Waals surface area contributed by atoms with Gasteiger partial charge in [-0.05, 0) is 51.2 Å². The van der Waals surface area contributed by atoms with E-state index in [-0.39, 0.29) is 12.1 Å². The molecular weight excluding hydrogens is 354 g/mol. The lowest BCUT2D eigenvalue weighted by atomic mass is 9.93. The van der Waals surface area contributed by atoms with Gasteiger partial charge in [0.2, 0.25) is 5.95 Å². The SMILES string of the molecule is CCCC(C)Nc1ncc(-c2ccc(C=O)cn2)c(NC2CCC(O)CC2)n1. The Morgan fingerprint density at radius 3 is 2.64 bits per heavy atom. The molecule has 0 amide bonds. The van der Waals surface area contributed by atoms with E-state index in [0.717, 1.165) is 61.9 Å². The molecule has 28 heavy (non-hydrogen) atoms. The lowest BCUT2D eigenvalue weighted by Gasteiger charge is -2.27. The molecule has 1 aliphatic rings. The summed E-state index contributed by atoms with van der Waals surface area (Å²) in [5.41, 5.74) is 2.06. The number of carbonyl (C=O) groups excluding carboxylic acids is 1. The molecule has 1 aliphatic carbocycles. The normalized spacial score (nSPS) is 20.4. The zero-order chi connectivity index (χ0) is 19.9. The van der Waals surface area contributed by atoms with Gasteiger partial charge < -0.3 is 15.7 Å². The number of aliphatic hydroxyl groups excluding tert-OH is 1. The van der Waals surface area contributed by atoms with Gasteiger partial charge >= 0.3 is 0 Å². The smallest absolute Gasteiger partial charge is 0.224 e. The first-order valence-corrected chi connectivity index (χ1v) is 10.1. The summed E-state index contributed by atoms with van der Waals surface area (Å²) in [6, 6.07) is 4.10. The highest BCUT2D eigenvalue weighted by atomic mass is 16.3. The van der Waals surface area contributed by atoms with Crippen molar-refractivity contribution in [3.8, 4) is 11.3 Å². The summed E-state index contributed by atoms with van der Waals surface area (Å²) in [4.78, 5) is 24.5. The van der Waals surface area contributed by atoms with Crippen LogP contribution in [0.4, 0.5) is 11.8 Å². The van der Waals surface area contributed by atoms with E-state index in [4.69, 9.17) is 4.98 Å². The number of aldehydes is 1. The maximum absolute atomic E-state index is 10.9. The zero-order valence-electron chi connectivity index (χ0n) is 16.6. The van der Waals surface area contributed by atoms with Gasteiger partial charge in [-0.3, -0.25) is 9.78 Å². The van der Waals surface area contributed by atoms with Gasteiger partial charge in [0.05, 0.1) is 17.4 Å². The average Bonchev–Trinajstić information content (AvgIpc) is 2.70. The molecule has 3 rings (SSSR count). The number of nitrogens with one attached hydrogen (secondary N) is 2. The van der Waals surface area contributed by atoms with Gasteiger partial charge in [0.1, 0.15) is 5.82 Å². The minimum absolute atomic E-state index is 0.201. The molecule has 7 heteroatoms. The van der Waals surface area contributed by atoms with Crippen molar-refractivity contribution in [2.45, 2.75) is 70.6 Å². The van der Waals surface area contributed by atoms with Crippen LogP contribution < -0.4 is 10.6 Å². The number of anilines is 2. The fraction of sp³-hybridized carbons (Fsp3) is 0.524. The Balaban J connectivity index is 1.86. The van der Waals surface area contributed by atoms with Crippen LogP contribution in [0.2, 0.25) is 0 Å². The van der Waals surface area contributed by atoms with E-state index in [0.29, 0.717) is 17.6 Å². The highest BCUT2D eigenvalue weighted by Gasteiger charge is 2.21. The first-order valence-electron chi connectivity index (χ1n) is 10.1. The number of nitrogens with zero attached hydrogens (tertiary/aromatic N) is 3. The molecule has 3 N–H and O–H groups in total. The Morgan fingerprint density at radius 1 is 1.21 bits per heavy atom. The maximum atomic E-state index is 10.9. The zero-order valence-corrected chi connectivity index (χ0v) is 16.6. The number of hydrogen-bond acceptors (Lipinski definition) is 7. The Labute approximate surface area is 166 Å². The minimum atomic E-state index is -0.201. The molecule has 0 bridgehead atoms. The Kier molecular flexibility index (Phi) is 6.92. The quantitative estimate of drug-likeness (QED) is 0.598. The van der Waals surface area contributed by atoms with Crippen molar-refractivity contribution < 1.29 is 9.90 Å². The van der Waals surface area contributed by atoms with Crippen LogP contribution in [0.3, 0.4) is 0 Å². The number of hydrogen-bond donors (Lipinski definition) is 3. The second-order valence-corrected chi connectivity index (χ2v) is 7.53. The topological polar surface area (TPSA) is 100 Å². The molecule has 2 aromatic rings. The van der Waals surface area contributed by atoms with E-state index in [1.54, 1.807) is 18.5 Å². The molecule has 0 aromatic carbocycles. The van der Waals surface area contributed by atoms with E-state index in [9.17, 15) is 9.90 Å². The molecule has 1 unspecified atom stereocenters. The van der Waals surface area contributed by atoms with Crippen LogP contribution in [-0.2, 0) is 0 Å². The number of aliphatic hydroxyl groups is 1. The molecule has 1 saturated carbocycles. The van der Waals surface area contributed by atoms with Gasteiger partial charge in [0.25, 0.3) is 0 Å². The molecule has 0 aliphatic heterocycles. The third kappa shape index (κ3) is 5.25. The summed E-state index contributed by atoms with van der Waals surface area (Å²) in [5.74, 6) is 1.32. The summed E-state index contributed by atoms with van der Waals surface area (Å²) < 4.78 is 0. The standard InChI is InChI=1S/C21H29N5O2/c1-3-4-14(2)24-21-23-12-18(19-10-5-15(13-27)11-22-19)20(26-21)25-16-6-8-17(28)9-7-16/h5,10-14,16-17,28H,3-4,6-9H2,1-2H3,(H2,23,24,25,26). The minimum Gasteiger partial charge on any atom is -0.393 e. The third-order valence-corrected chi connectivity index (χ3v) is 5.12. The van der Waals surface area contributed by atoms with E-state index in [1.807, 2.05) is 6.07 Å². The van der Waals surface area contributed by atoms with Crippen LogP contribution >= 0.6 is 0 Å². The predicted octanol–water partition coefficient (Wildman–Crippen LogP) is 3.67. The molecule has 150 valence electrons. The number of pyridine rings is 1. The van der Waals surface area contributed by atoms with Crippen molar-refractivity contribution >= 4 is 18.1 Å². The summed E-state index contributed by atoms with van der Waals surface area (Å²) in [5, 5.41) is 16.7. The molecule has 7 nitrogen and oxygen atoms in total. The van der Waals surface area contributed by atoms with Gasteiger partial charge in [-0.25, -0.2) is 4.98 Å².